The van der Waals surface area contributed by atoms with Gasteiger partial charge in [-0.1, -0.05) is 0 Å². The maximum absolute atomic E-state index is 12.4. The van der Waals surface area contributed by atoms with Crippen molar-refractivity contribution in [3.63, 3.8) is 0 Å². The molecule has 0 N–H and O–H groups in total. The Morgan fingerprint density at radius 1 is 1.29 bits per heavy atom. The average molecular weight is 308 g/mol. The van der Waals surface area contributed by atoms with Gasteiger partial charge in [-0.25, -0.2) is 0 Å². The lowest BCUT2D eigenvalue weighted by molar-refractivity contribution is -0.384. The lowest BCUT2D eigenvalue weighted by Crippen LogP contribution is -2.48. The van der Waals surface area contributed by atoms with E-state index in [9.17, 15) is 14.9 Å². The number of nitro groups is 1. The van der Waals surface area contributed by atoms with E-state index in [4.69, 9.17) is 0 Å². The molecule has 5 nitrogen and oxygen atoms in total. The first-order valence-electron chi connectivity index (χ1n) is 7.17. The molecule has 2 rings (SSSR count). The van der Waals surface area contributed by atoms with Gasteiger partial charge in [-0.3, -0.25) is 14.9 Å². The van der Waals surface area contributed by atoms with Gasteiger partial charge in [-0.05, 0) is 45.2 Å². The quantitative estimate of drug-likeness (QED) is 0.485. The molecule has 114 valence electrons. The van der Waals surface area contributed by atoms with Crippen LogP contribution in [0.4, 0.5) is 5.69 Å². The van der Waals surface area contributed by atoms with Crippen LogP contribution in [0.15, 0.2) is 29.2 Å². The minimum absolute atomic E-state index is 0.0731. The lowest BCUT2D eigenvalue weighted by Gasteiger charge is -2.39. The van der Waals surface area contributed by atoms with Crippen molar-refractivity contribution in [1.82, 2.24) is 4.90 Å². The number of nitro benzene ring substituents is 1. The summed E-state index contributed by atoms with van der Waals surface area (Å²) in [6, 6.07) is 6.94. The van der Waals surface area contributed by atoms with Crippen molar-refractivity contribution in [3.8, 4) is 0 Å². The van der Waals surface area contributed by atoms with Crippen molar-refractivity contribution in [2.24, 2.45) is 0 Å². The smallest absolute Gasteiger partial charge is 0.269 e. The third-order valence-corrected chi connectivity index (χ3v) is 4.89. The van der Waals surface area contributed by atoms with Crippen LogP contribution >= 0.6 is 11.8 Å². The van der Waals surface area contributed by atoms with Crippen LogP contribution < -0.4 is 0 Å². The first kappa shape index (κ1) is 15.8. The lowest BCUT2D eigenvalue weighted by atomic mass is 9.98. The number of piperidine rings is 1. The molecule has 21 heavy (non-hydrogen) atoms. The standard InChI is InChI=1S/C15H20N2O3S/c1-11-4-3-5-12(2)16(11)15(18)10-21-14-8-6-13(7-9-14)17(19)20/h6-9,11-12H,3-5,10H2,1-2H3. The van der Waals surface area contributed by atoms with Crippen LogP contribution in [-0.2, 0) is 4.79 Å². The van der Waals surface area contributed by atoms with Crippen molar-refractivity contribution in [2.75, 3.05) is 5.75 Å². The summed E-state index contributed by atoms with van der Waals surface area (Å²) in [6.45, 7) is 4.20. The van der Waals surface area contributed by atoms with Crippen LogP contribution in [0.3, 0.4) is 0 Å². The summed E-state index contributed by atoms with van der Waals surface area (Å²) >= 11 is 1.43. The molecular formula is C15H20N2O3S. The summed E-state index contributed by atoms with van der Waals surface area (Å²) in [7, 11) is 0. The molecule has 0 radical (unpaired) electrons. The summed E-state index contributed by atoms with van der Waals surface area (Å²) < 4.78 is 0. The summed E-state index contributed by atoms with van der Waals surface area (Å²) in [5.41, 5.74) is 0.0731. The molecule has 2 atom stereocenters. The number of thioether (sulfide) groups is 1. The summed E-state index contributed by atoms with van der Waals surface area (Å²) in [5.74, 6) is 0.532. The van der Waals surface area contributed by atoms with Gasteiger partial charge < -0.3 is 4.90 Å². The second kappa shape index (κ2) is 6.93. The zero-order chi connectivity index (χ0) is 15.4. The van der Waals surface area contributed by atoms with E-state index in [1.54, 1.807) is 12.1 Å². The molecule has 0 aromatic heterocycles. The average Bonchev–Trinajstić information content (AvgIpc) is 2.45. The molecule has 0 saturated carbocycles. The Hall–Kier alpha value is -1.56. The Labute approximate surface area is 128 Å². The number of hydrogen-bond donors (Lipinski definition) is 0. The molecule has 0 bridgehead atoms. The van der Waals surface area contributed by atoms with Gasteiger partial charge in [0.25, 0.3) is 5.69 Å². The van der Waals surface area contributed by atoms with Crippen LogP contribution in [0, 0.1) is 10.1 Å². The van der Waals surface area contributed by atoms with Gasteiger partial charge in [0.15, 0.2) is 0 Å². The molecule has 1 fully saturated rings. The van der Waals surface area contributed by atoms with E-state index in [1.807, 2.05) is 4.90 Å². The first-order chi connectivity index (χ1) is 9.99. The highest BCUT2D eigenvalue weighted by atomic mass is 32.2. The Balaban J connectivity index is 1.92. The van der Waals surface area contributed by atoms with E-state index >= 15 is 0 Å². The molecule has 0 spiro atoms. The van der Waals surface area contributed by atoms with Crippen LogP contribution in [0.25, 0.3) is 0 Å². The Kier molecular flexibility index (Phi) is 5.22. The highest BCUT2D eigenvalue weighted by Crippen LogP contribution is 2.26. The Morgan fingerprint density at radius 2 is 1.86 bits per heavy atom. The number of hydrogen-bond acceptors (Lipinski definition) is 4. The van der Waals surface area contributed by atoms with Gasteiger partial charge in [0.05, 0.1) is 10.7 Å². The van der Waals surface area contributed by atoms with Crippen LogP contribution in [0.5, 0.6) is 0 Å². The first-order valence-corrected chi connectivity index (χ1v) is 8.16. The van der Waals surface area contributed by atoms with Crippen molar-refractivity contribution < 1.29 is 9.72 Å². The van der Waals surface area contributed by atoms with E-state index in [0.717, 1.165) is 17.7 Å². The number of non-ortho nitro benzene ring substituents is 1. The molecule has 1 heterocycles. The van der Waals surface area contributed by atoms with E-state index in [1.165, 1.54) is 30.3 Å². The molecule has 6 heteroatoms. The van der Waals surface area contributed by atoms with Gasteiger partial charge in [0.1, 0.15) is 0 Å². The molecular weight excluding hydrogens is 288 g/mol. The highest BCUT2D eigenvalue weighted by molar-refractivity contribution is 8.00. The maximum Gasteiger partial charge on any atom is 0.269 e. The zero-order valence-electron chi connectivity index (χ0n) is 12.3. The third kappa shape index (κ3) is 3.97. The number of nitrogens with zero attached hydrogens (tertiary/aromatic N) is 2. The maximum atomic E-state index is 12.4. The number of rotatable bonds is 4. The molecule has 2 unspecified atom stereocenters. The third-order valence-electron chi connectivity index (χ3n) is 3.89. The van der Waals surface area contributed by atoms with Gasteiger partial charge in [-0.15, -0.1) is 11.8 Å². The molecule has 1 aromatic carbocycles. The molecule has 0 aliphatic carbocycles. The topological polar surface area (TPSA) is 63.5 Å². The van der Waals surface area contributed by atoms with Crippen molar-refractivity contribution in [2.45, 2.75) is 50.1 Å². The van der Waals surface area contributed by atoms with Gasteiger partial charge in [-0.2, -0.15) is 0 Å². The fourth-order valence-corrected chi connectivity index (χ4v) is 3.56. The van der Waals surface area contributed by atoms with Gasteiger partial charge in [0, 0.05) is 29.1 Å². The van der Waals surface area contributed by atoms with E-state index in [-0.39, 0.29) is 11.6 Å². The highest BCUT2D eigenvalue weighted by Gasteiger charge is 2.28. The Morgan fingerprint density at radius 3 is 2.38 bits per heavy atom. The molecule has 1 aliphatic heterocycles. The number of carbonyl (C=O) groups excluding carboxylic acids is 1. The summed E-state index contributed by atoms with van der Waals surface area (Å²) in [6.07, 6.45) is 3.32. The van der Waals surface area contributed by atoms with Crippen LogP contribution in [-0.4, -0.2) is 33.6 Å². The van der Waals surface area contributed by atoms with E-state index < -0.39 is 4.92 Å². The van der Waals surface area contributed by atoms with Gasteiger partial charge >= 0.3 is 0 Å². The molecule has 1 aromatic rings. The van der Waals surface area contributed by atoms with E-state index in [0.29, 0.717) is 17.8 Å². The monoisotopic (exact) mass is 308 g/mol. The van der Waals surface area contributed by atoms with Gasteiger partial charge in [0.2, 0.25) is 5.91 Å². The van der Waals surface area contributed by atoms with Crippen molar-refractivity contribution >= 4 is 23.4 Å². The number of amides is 1. The molecule has 1 saturated heterocycles. The molecule has 1 aliphatic rings. The number of likely N-dealkylation sites (tertiary alicyclic amines) is 1. The zero-order valence-corrected chi connectivity index (χ0v) is 13.1. The Bertz CT molecular complexity index is 508. The molecule has 1 amide bonds. The fourth-order valence-electron chi connectivity index (χ4n) is 2.80. The number of benzene rings is 1. The van der Waals surface area contributed by atoms with Crippen LogP contribution in [0.2, 0.25) is 0 Å². The van der Waals surface area contributed by atoms with Crippen LogP contribution in [0.1, 0.15) is 33.1 Å². The summed E-state index contributed by atoms with van der Waals surface area (Å²) in [5, 5.41) is 10.6. The number of carbonyl (C=O) groups is 1. The minimum Gasteiger partial charge on any atom is -0.337 e. The van der Waals surface area contributed by atoms with Crippen molar-refractivity contribution in [3.05, 3.63) is 34.4 Å². The largest absolute Gasteiger partial charge is 0.337 e. The van der Waals surface area contributed by atoms with E-state index in [2.05, 4.69) is 13.8 Å². The second-order valence-electron chi connectivity index (χ2n) is 5.47. The predicted molar refractivity (Wildman–Crippen MR) is 83.4 cm³/mol. The fraction of sp³-hybridized carbons (Fsp3) is 0.533. The second-order valence-corrected chi connectivity index (χ2v) is 6.52. The normalized spacial score (nSPS) is 22.1. The minimum atomic E-state index is -0.420. The predicted octanol–water partition coefficient (Wildman–Crippen LogP) is 3.48. The SMILES string of the molecule is CC1CCCC(C)N1C(=O)CSc1ccc([N+](=O)[O-])cc1. The summed E-state index contributed by atoms with van der Waals surface area (Å²) in [4.78, 5) is 25.4. The van der Waals surface area contributed by atoms with Crippen molar-refractivity contribution in [1.29, 1.82) is 0 Å².